The summed E-state index contributed by atoms with van der Waals surface area (Å²) in [5, 5.41) is 0. The van der Waals surface area contributed by atoms with Crippen LogP contribution in [0.15, 0.2) is 54.6 Å². The molecule has 1 unspecified atom stereocenters. The van der Waals surface area contributed by atoms with E-state index in [1.807, 2.05) is 0 Å². The number of nitrogens with zero attached hydrogens (tertiary/aromatic N) is 2. The van der Waals surface area contributed by atoms with Gasteiger partial charge in [-0.15, -0.1) is 0 Å². The molecule has 0 bridgehead atoms. The molecule has 2 heterocycles. The third-order valence-corrected chi connectivity index (χ3v) is 3.95. The summed E-state index contributed by atoms with van der Waals surface area (Å²) in [4.78, 5) is 4.86. The van der Waals surface area contributed by atoms with Crippen LogP contribution in [0.3, 0.4) is 0 Å². The lowest BCUT2D eigenvalue weighted by molar-refractivity contribution is 0.408. The summed E-state index contributed by atoms with van der Waals surface area (Å²) in [5.41, 5.74) is 4.02. The zero-order chi connectivity index (χ0) is 13.4. The zero-order valence-electron chi connectivity index (χ0n) is 11.4. The number of ether oxygens (including phenoxy) is 1. The van der Waals surface area contributed by atoms with E-state index < -0.39 is 0 Å². The lowest BCUT2D eigenvalue weighted by atomic mass is 10.2. The van der Waals surface area contributed by atoms with E-state index in [0.29, 0.717) is 6.10 Å². The van der Waals surface area contributed by atoms with Gasteiger partial charge >= 0.3 is 0 Å². The fraction of sp³-hybridized carbons (Fsp3) is 0.294. The number of hydrogen-bond acceptors (Lipinski definition) is 3. The standard InChI is InChI=1S/C17H18N2O/c1-2-6-14(7-3-1)10-18-13-19(11-15-12-20-15)17-9-5-4-8-16(17)18/h1-9,15H,10-13H2. The highest BCUT2D eigenvalue weighted by atomic mass is 16.6. The van der Waals surface area contributed by atoms with Crippen molar-refractivity contribution in [3.63, 3.8) is 0 Å². The number of epoxide rings is 1. The Hall–Kier alpha value is -2.00. The second kappa shape index (κ2) is 4.84. The summed E-state index contributed by atoms with van der Waals surface area (Å²) >= 11 is 0. The van der Waals surface area contributed by atoms with Crippen LogP contribution in [0, 0.1) is 0 Å². The number of benzene rings is 2. The smallest absolute Gasteiger partial charge is 0.0984 e. The molecule has 4 rings (SSSR count). The SMILES string of the molecule is c1ccc(CN2CN(CC3CO3)c3ccccc32)cc1. The number of hydrogen-bond donors (Lipinski definition) is 0. The van der Waals surface area contributed by atoms with Crippen LogP contribution in [0.2, 0.25) is 0 Å². The molecule has 2 aromatic carbocycles. The van der Waals surface area contributed by atoms with Gasteiger partial charge < -0.3 is 14.5 Å². The van der Waals surface area contributed by atoms with Crippen molar-refractivity contribution in [1.29, 1.82) is 0 Å². The van der Waals surface area contributed by atoms with Gasteiger partial charge in [0.15, 0.2) is 0 Å². The van der Waals surface area contributed by atoms with E-state index in [4.69, 9.17) is 4.74 Å². The van der Waals surface area contributed by atoms with Crippen molar-refractivity contribution in [1.82, 2.24) is 0 Å². The van der Waals surface area contributed by atoms with Gasteiger partial charge in [0.25, 0.3) is 0 Å². The Labute approximate surface area is 119 Å². The van der Waals surface area contributed by atoms with Crippen molar-refractivity contribution in [3.05, 3.63) is 60.2 Å². The molecule has 0 radical (unpaired) electrons. The van der Waals surface area contributed by atoms with Crippen molar-refractivity contribution in [3.8, 4) is 0 Å². The predicted octanol–water partition coefficient (Wildman–Crippen LogP) is 2.87. The minimum Gasteiger partial charge on any atom is -0.371 e. The molecule has 0 N–H and O–H groups in total. The monoisotopic (exact) mass is 266 g/mol. The molecule has 20 heavy (non-hydrogen) atoms. The van der Waals surface area contributed by atoms with Crippen LogP contribution in [0.1, 0.15) is 5.56 Å². The van der Waals surface area contributed by atoms with Crippen LogP contribution >= 0.6 is 0 Å². The average molecular weight is 266 g/mol. The molecule has 2 aliphatic rings. The van der Waals surface area contributed by atoms with Gasteiger partial charge in [-0.05, 0) is 17.7 Å². The fourth-order valence-electron chi connectivity index (χ4n) is 2.87. The largest absolute Gasteiger partial charge is 0.371 e. The molecule has 2 aromatic rings. The summed E-state index contributed by atoms with van der Waals surface area (Å²) in [7, 11) is 0. The molecule has 0 saturated carbocycles. The Morgan fingerprint density at radius 3 is 2.25 bits per heavy atom. The van der Waals surface area contributed by atoms with Crippen LogP contribution < -0.4 is 9.80 Å². The number of para-hydroxylation sites is 2. The van der Waals surface area contributed by atoms with E-state index in [1.54, 1.807) is 0 Å². The maximum Gasteiger partial charge on any atom is 0.0984 e. The van der Waals surface area contributed by atoms with Gasteiger partial charge in [-0.1, -0.05) is 42.5 Å². The second-order valence-electron chi connectivity index (χ2n) is 5.49. The highest BCUT2D eigenvalue weighted by Crippen LogP contribution is 2.37. The van der Waals surface area contributed by atoms with Crippen molar-refractivity contribution in [2.75, 3.05) is 29.6 Å². The van der Waals surface area contributed by atoms with E-state index in [9.17, 15) is 0 Å². The van der Waals surface area contributed by atoms with Crippen molar-refractivity contribution in [2.45, 2.75) is 12.6 Å². The Morgan fingerprint density at radius 2 is 1.55 bits per heavy atom. The Morgan fingerprint density at radius 1 is 0.900 bits per heavy atom. The molecular weight excluding hydrogens is 248 g/mol. The maximum atomic E-state index is 5.38. The summed E-state index contributed by atoms with van der Waals surface area (Å²) in [6, 6.07) is 19.3. The van der Waals surface area contributed by atoms with Gasteiger partial charge in [0.1, 0.15) is 0 Å². The van der Waals surface area contributed by atoms with E-state index >= 15 is 0 Å². The van der Waals surface area contributed by atoms with E-state index in [-0.39, 0.29) is 0 Å². The fourth-order valence-corrected chi connectivity index (χ4v) is 2.87. The normalized spacial score (nSPS) is 20.1. The molecule has 0 amide bonds. The highest BCUT2D eigenvalue weighted by Gasteiger charge is 2.31. The molecule has 0 spiro atoms. The molecule has 0 aliphatic carbocycles. The average Bonchev–Trinajstić information content (AvgIpc) is 3.25. The third-order valence-electron chi connectivity index (χ3n) is 3.95. The van der Waals surface area contributed by atoms with Gasteiger partial charge in [-0.3, -0.25) is 0 Å². The lowest BCUT2D eigenvalue weighted by Gasteiger charge is -2.21. The van der Waals surface area contributed by atoms with Crippen LogP contribution in [-0.4, -0.2) is 25.9 Å². The summed E-state index contributed by atoms with van der Waals surface area (Å²) in [6.07, 6.45) is 0.430. The van der Waals surface area contributed by atoms with Gasteiger partial charge in [-0.2, -0.15) is 0 Å². The molecule has 2 aliphatic heterocycles. The van der Waals surface area contributed by atoms with E-state index in [0.717, 1.165) is 26.4 Å². The molecule has 102 valence electrons. The van der Waals surface area contributed by atoms with Crippen LogP contribution in [0.4, 0.5) is 11.4 Å². The molecular formula is C17H18N2O. The van der Waals surface area contributed by atoms with Gasteiger partial charge in [0, 0.05) is 13.1 Å². The highest BCUT2D eigenvalue weighted by molar-refractivity contribution is 5.76. The Bertz CT molecular complexity index is 595. The van der Waals surface area contributed by atoms with E-state index in [2.05, 4.69) is 64.4 Å². The van der Waals surface area contributed by atoms with Gasteiger partial charge in [0.2, 0.25) is 0 Å². The first-order chi connectivity index (χ1) is 9.90. The minimum absolute atomic E-state index is 0.430. The van der Waals surface area contributed by atoms with E-state index in [1.165, 1.54) is 16.9 Å². The summed E-state index contributed by atoms with van der Waals surface area (Å²) in [6.45, 7) is 3.83. The molecule has 1 fully saturated rings. The van der Waals surface area contributed by atoms with Crippen molar-refractivity contribution >= 4 is 11.4 Å². The second-order valence-corrected chi connectivity index (χ2v) is 5.49. The minimum atomic E-state index is 0.430. The summed E-state index contributed by atoms with van der Waals surface area (Å²) in [5.74, 6) is 0. The molecule has 3 nitrogen and oxygen atoms in total. The molecule has 3 heteroatoms. The van der Waals surface area contributed by atoms with Crippen molar-refractivity contribution in [2.24, 2.45) is 0 Å². The number of rotatable bonds is 4. The first kappa shape index (κ1) is 11.8. The lowest BCUT2D eigenvalue weighted by Crippen LogP contribution is -2.33. The molecule has 0 aromatic heterocycles. The van der Waals surface area contributed by atoms with Gasteiger partial charge in [-0.25, -0.2) is 0 Å². The number of anilines is 2. The van der Waals surface area contributed by atoms with Gasteiger partial charge in [0.05, 0.1) is 30.8 Å². The quantitative estimate of drug-likeness (QED) is 0.793. The maximum absolute atomic E-state index is 5.38. The Kier molecular flexibility index (Phi) is 2.85. The Balaban J connectivity index is 1.58. The van der Waals surface area contributed by atoms with Crippen LogP contribution in [0.5, 0.6) is 0 Å². The molecule has 1 saturated heterocycles. The third kappa shape index (κ3) is 2.25. The van der Waals surface area contributed by atoms with Crippen LogP contribution in [-0.2, 0) is 11.3 Å². The van der Waals surface area contributed by atoms with Crippen LogP contribution in [0.25, 0.3) is 0 Å². The first-order valence-electron chi connectivity index (χ1n) is 7.14. The first-order valence-corrected chi connectivity index (χ1v) is 7.14. The predicted molar refractivity (Wildman–Crippen MR) is 81.0 cm³/mol. The summed E-state index contributed by atoms with van der Waals surface area (Å²) < 4.78 is 5.38. The zero-order valence-corrected chi connectivity index (χ0v) is 11.4. The molecule has 1 atom stereocenters. The number of fused-ring (bicyclic) bond motifs is 1. The van der Waals surface area contributed by atoms with Crippen molar-refractivity contribution < 1.29 is 4.74 Å². The topological polar surface area (TPSA) is 19.0 Å².